The number of rotatable bonds is 5. The summed E-state index contributed by atoms with van der Waals surface area (Å²) in [6.07, 6.45) is 1.13. The minimum absolute atomic E-state index is 0.0521. The molecule has 0 bridgehead atoms. The van der Waals surface area contributed by atoms with Crippen molar-refractivity contribution in [1.29, 1.82) is 0 Å². The predicted octanol–water partition coefficient (Wildman–Crippen LogP) is 2.22. The molecule has 1 atom stereocenters. The van der Waals surface area contributed by atoms with Crippen LogP contribution in [0.25, 0.3) is 0 Å². The molecule has 142 valence electrons. The van der Waals surface area contributed by atoms with E-state index in [-0.39, 0.29) is 30.3 Å². The van der Waals surface area contributed by atoms with E-state index in [4.69, 9.17) is 0 Å². The fourth-order valence-corrected chi connectivity index (χ4v) is 3.47. The number of aromatic amines is 1. The van der Waals surface area contributed by atoms with Crippen LogP contribution in [-0.2, 0) is 22.6 Å². The van der Waals surface area contributed by atoms with E-state index in [2.05, 4.69) is 17.2 Å². The molecular weight excluding hydrogens is 342 g/mol. The molecule has 0 radical (unpaired) electrons. The fraction of sp³-hybridized carbons (Fsp3) is 0.381. The Bertz CT molecular complexity index is 915. The van der Waals surface area contributed by atoms with Crippen molar-refractivity contribution in [2.75, 3.05) is 11.4 Å². The number of benzene rings is 1. The van der Waals surface area contributed by atoms with Gasteiger partial charge in [0.15, 0.2) is 0 Å². The van der Waals surface area contributed by atoms with Crippen molar-refractivity contribution in [2.24, 2.45) is 5.92 Å². The first-order valence-corrected chi connectivity index (χ1v) is 9.25. The molecule has 2 heterocycles. The van der Waals surface area contributed by atoms with Gasteiger partial charge in [-0.1, -0.05) is 19.1 Å². The molecule has 6 nitrogen and oxygen atoms in total. The Morgan fingerprint density at radius 1 is 1.22 bits per heavy atom. The van der Waals surface area contributed by atoms with Crippen molar-refractivity contribution in [1.82, 2.24) is 10.3 Å². The molecule has 6 heteroatoms. The van der Waals surface area contributed by atoms with Gasteiger partial charge < -0.3 is 15.2 Å². The van der Waals surface area contributed by atoms with E-state index in [1.165, 1.54) is 5.56 Å². The molecule has 0 aliphatic carbocycles. The van der Waals surface area contributed by atoms with Crippen molar-refractivity contribution in [3.63, 3.8) is 0 Å². The number of carbonyl (C=O) groups excluding carboxylic acids is 2. The SMILES string of the molecule is CCc1ccc(N2C[C@@H](C(=O)NCc3c(C)cc(C)[nH]c3=O)CC2=O)cc1. The van der Waals surface area contributed by atoms with Crippen LogP contribution in [0.2, 0.25) is 0 Å². The quantitative estimate of drug-likeness (QED) is 0.850. The summed E-state index contributed by atoms with van der Waals surface area (Å²) in [4.78, 5) is 41.4. The second kappa shape index (κ2) is 7.78. The summed E-state index contributed by atoms with van der Waals surface area (Å²) in [7, 11) is 0. The minimum atomic E-state index is -0.409. The number of aryl methyl sites for hydroxylation is 3. The number of hydrogen-bond acceptors (Lipinski definition) is 3. The number of nitrogens with one attached hydrogen (secondary N) is 2. The molecule has 1 aromatic heterocycles. The van der Waals surface area contributed by atoms with Gasteiger partial charge in [0.05, 0.1) is 5.92 Å². The molecule has 1 fully saturated rings. The van der Waals surface area contributed by atoms with E-state index in [9.17, 15) is 14.4 Å². The maximum atomic E-state index is 12.5. The summed E-state index contributed by atoms with van der Waals surface area (Å²) in [5, 5.41) is 2.82. The Hall–Kier alpha value is -2.89. The lowest BCUT2D eigenvalue weighted by atomic mass is 10.1. The molecule has 1 saturated heterocycles. The first-order valence-electron chi connectivity index (χ1n) is 9.25. The van der Waals surface area contributed by atoms with Crippen LogP contribution in [0.5, 0.6) is 0 Å². The first kappa shape index (κ1) is 18.9. The Kier molecular flexibility index (Phi) is 5.44. The zero-order chi connectivity index (χ0) is 19.6. The summed E-state index contributed by atoms with van der Waals surface area (Å²) in [5.41, 5.74) is 4.02. The van der Waals surface area contributed by atoms with Crippen LogP contribution in [0.3, 0.4) is 0 Å². The van der Waals surface area contributed by atoms with E-state index in [1.54, 1.807) is 4.90 Å². The van der Waals surface area contributed by atoms with Crippen LogP contribution >= 0.6 is 0 Å². The second-order valence-electron chi connectivity index (χ2n) is 7.09. The largest absolute Gasteiger partial charge is 0.351 e. The number of anilines is 1. The van der Waals surface area contributed by atoms with E-state index < -0.39 is 5.92 Å². The molecule has 2 N–H and O–H groups in total. The van der Waals surface area contributed by atoms with E-state index in [0.29, 0.717) is 12.1 Å². The molecule has 1 aromatic carbocycles. The zero-order valence-corrected chi connectivity index (χ0v) is 16.0. The Labute approximate surface area is 158 Å². The summed E-state index contributed by atoms with van der Waals surface area (Å²) in [6.45, 7) is 6.28. The maximum Gasteiger partial charge on any atom is 0.253 e. The van der Waals surface area contributed by atoms with Crippen LogP contribution in [0.4, 0.5) is 5.69 Å². The molecule has 3 rings (SSSR count). The molecule has 27 heavy (non-hydrogen) atoms. The van der Waals surface area contributed by atoms with Gasteiger partial charge in [0, 0.05) is 36.5 Å². The summed E-state index contributed by atoms with van der Waals surface area (Å²) in [5.74, 6) is -0.660. The van der Waals surface area contributed by atoms with Crippen LogP contribution < -0.4 is 15.8 Å². The standard InChI is InChI=1S/C21H25N3O3/c1-4-15-5-7-17(8-6-15)24-12-16(10-19(24)25)20(26)22-11-18-13(2)9-14(3)23-21(18)27/h5-9,16H,4,10-12H2,1-3H3,(H,22,26)(H,23,27)/t16-/m0/s1. The van der Waals surface area contributed by atoms with Gasteiger partial charge in [0.25, 0.3) is 5.56 Å². The highest BCUT2D eigenvalue weighted by Crippen LogP contribution is 2.25. The third-order valence-electron chi connectivity index (χ3n) is 5.09. The Balaban J connectivity index is 1.64. The molecule has 0 spiro atoms. The van der Waals surface area contributed by atoms with Crippen molar-refractivity contribution < 1.29 is 9.59 Å². The molecule has 1 aliphatic heterocycles. The van der Waals surface area contributed by atoms with E-state index >= 15 is 0 Å². The third kappa shape index (κ3) is 4.10. The van der Waals surface area contributed by atoms with Crippen LogP contribution in [0.1, 0.15) is 35.7 Å². The van der Waals surface area contributed by atoms with Gasteiger partial charge in [0.1, 0.15) is 0 Å². The van der Waals surface area contributed by atoms with E-state index in [0.717, 1.165) is 23.4 Å². The number of H-pyrrole nitrogens is 1. The van der Waals surface area contributed by atoms with Gasteiger partial charge in [0.2, 0.25) is 11.8 Å². The topological polar surface area (TPSA) is 82.3 Å². The summed E-state index contributed by atoms with van der Waals surface area (Å²) in [6, 6.07) is 9.73. The van der Waals surface area contributed by atoms with Crippen LogP contribution in [-0.4, -0.2) is 23.3 Å². The lowest BCUT2D eigenvalue weighted by Gasteiger charge is -2.17. The van der Waals surface area contributed by atoms with Gasteiger partial charge in [-0.3, -0.25) is 14.4 Å². The molecule has 2 aromatic rings. The monoisotopic (exact) mass is 367 g/mol. The summed E-state index contributed by atoms with van der Waals surface area (Å²) >= 11 is 0. The molecule has 0 saturated carbocycles. The lowest BCUT2D eigenvalue weighted by molar-refractivity contribution is -0.126. The van der Waals surface area contributed by atoms with Crippen molar-refractivity contribution in [2.45, 2.75) is 40.2 Å². The van der Waals surface area contributed by atoms with Crippen molar-refractivity contribution >= 4 is 17.5 Å². The van der Waals surface area contributed by atoms with Gasteiger partial charge in [-0.15, -0.1) is 0 Å². The van der Waals surface area contributed by atoms with Crippen LogP contribution in [0, 0.1) is 19.8 Å². The highest BCUT2D eigenvalue weighted by atomic mass is 16.2. The van der Waals surface area contributed by atoms with Crippen molar-refractivity contribution in [3.8, 4) is 0 Å². The minimum Gasteiger partial charge on any atom is -0.351 e. The van der Waals surface area contributed by atoms with Crippen LogP contribution in [0.15, 0.2) is 35.1 Å². The number of hydrogen-bond donors (Lipinski definition) is 2. The fourth-order valence-electron chi connectivity index (χ4n) is 3.47. The average Bonchev–Trinajstić information content (AvgIpc) is 3.02. The number of pyridine rings is 1. The Morgan fingerprint density at radius 3 is 2.56 bits per heavy atom. The van der Waals surface area contributed by atoms with Crippen molar-refractivity contribution in [3.05, 3.63) is 63.1 Å². The van der Waals surface area contributed by atoms with Gasteiger partial charge >= 0.3 is 0 Å². The number of carbonyl (C=O) groups is 2. The normalized spacial score (nSPS) is 16.6. The average molecular weight is 367 g/mol. The molecule has 0 unspecified atom stereocenters. The maximum absolute atomic E-state index is 12.5. The van der Waals surface area contributed by atoms with Gasteiger partial charge in [-0.25, -0.2) is 0 Å². The summed E-state index contributed by atoms with van der Waals surface area (Å²) < 4.78 is 0. The van der Waals surface area contributed by atoms with Gasteiger partial charge in [-0.05, 0) is 49.6 Å². The van der Waals surface area contributed by atoms with Gasteiger partial charge in [-0.2, -0.15) is 0 Å². The number of amides is 2. The highest BCUT2D eigenvalue weighted by molar-refractivity contribution is 6.00. The zero-order valence-electron chi connectivity index (χ0n) is 16.0. The Morgan fingerprint density at radius 2 is 1.93 bits per heavy atom. The molecular formula is C21H25N3O3. The lowest BCUT2D eigenvalue weighted by Crippen LogP contribution is -2.34. The van der Waals surface area contributed by atoms with E-state index in [1.807, 2.05) is 44.2 Å². The highest BCUT2D eigenvalue weighted by Gasteiger charge is 2.35. The third-order valence-corrected chi connectivity index (χ3v) is 5.09. The first-order chi connectivity index (χ1) is 12.9. The number of aromatic nitrogens is 1. The predicted molar refractivity (Wildman–Crippen MR) is 105 cm³/mol. The second-order valence-corrected chi connectivity index (χ2v) is 7.09. The smallest absolute Gasteiger partial charge is 0.253 e. The number of nitrogens with zero attached hydrogens (tertiary/aromatic N) is 1. The molecule has 2 amide bonds. The molecule has 1 aliphatic rings.